The molecule has 34 heavy (non-hydrogen) atoms. The maximum atomic E-state index is 13.4. The zero-order chi connectivity index (χ0) is 24.7. The minimum atomic E-state index is -1.62. The molecule has 0 bridgehead atoms. The lowest BCUT2D eigenvalue weighted by Gasteiger charge is -2.40. The van der Waals surface area contributed by atoms with Crippen molar-refractivity contribution in [3.05, 3.63) is 34.7 Å². The van der Waals surface area contributed by atoms with Gasteiger partial charge in [-0.3, -0.25) is 9.13 Å². The number of nitrogens with zero attached hydrogens (tertiary/aromatic N) is 2. The molecule has 1 aromatic heterocycles. The molecule has 1 aromatic carbocycles. The van der Waals surface area contributed by atoms with Crippen molar-refractivity contribution in [2.75, 3.05) is 14.2 Å². The van der Waals surface area contributed by atoms with E-state index in [2.05, 4.69) is 0 Å². The number of rotatable bonds is 6. The van der Waals surface area contributed by atoms with Gasteiger partial charge in [0.1, 0.15) is 48.8 Å². The molecule has 2 aliphatic rings. The number of imidazole rings is 1. The lowest BCUT2D eigenvalue weighted by Crippen LogP contribution is -2.60. The van der Waals surface area contributed by atoms with Crippen LogP contribution in [0.1, 0.15) is 0 Å². The van der Waals surface area contributed by atoms with Crippen molar-refractivity contribution in [2.45, 2.75) is 74.5 Å². The monoisotopic (exact) mass is 486 g/mol. The lowest BCUT2D eigenvalue weighted by atomic mass is 9.98. The van der Waals surface area contributed by atoms with Crippen LogP contribution in [0.15, 0.2) is 29.1 Å². The molecule has 10 atom stereocenters. The molecule has 0 spiro atoms. The minimum Gasteiger partial charge on any atom is -0.388 e. The summed E-state index contributed by atoms with van der Waals surface area (Å²) in [4.78, 5) is 13.4. The number of para-hydroxylation sites is 2. The summed E-state index contributed by atoms with van der Waals surface area (Å²) in [6.07, 6.45) is -13.2. The van der Waals surface area contributed by atoms with E-state index in [9.17, 15) is 35.4 Å². The van der Waals surface area contributed by atoms with Crippen LogP contribution in [0.25, 0.3) is 11.0 Å². The summed E-state index contributed by atoms with van der Waals surface area (Å²) >= 11 is 0. The smallest absolute Gasteiger partial charge is 0.329 e. The predicted octanol–water partition coefficient (Wildman–Crippen LogP) is -3.29. The number of aliphatic hydroxyl groups is 6. The van der Waals surface area contributed by atoms with Gasteiger partial charge < -0.3 is 49.6 Å². The molecule has 6 N–H and O–H groups in total. The second kappa shape index (κ2) is 9.99. The Morgan fingerprint density at radius 3 is 1.47 bits per heavy atom. The van der Waals surface area contributed by atoms with E-state index >= 15 is 0 Å². The fourth-order valence-electron chi connectivity index (χ4n) is 4.68. The molecule has 2 aromatic rings. The number of methoxy groups -OCH3 is 2. The highest BCUT2D eigenvalue weighted by Gasteiger charge is 2.46. The number of hydrogen-bond donors (Lipinski definition) is 6. The summed E-state index contributed by atoms with van der Waals surface area (Å²) in [6.45, 7) is -0.347. The van der Waals surface area contributed by atoms with Gasteiger partial charge in [-0.05, 0) is 12.1 Å². The zero-order valence-electron chi connectivity index (χ0n) is 18.6. The molecule has 2 unspecified atom stereocenters. The van der Waals surface area contributed by atoms with Crippen LogP contribution in [0.5, 0.6) is 0 Å². The Labute approximate surface area is 193 Å². The maximum absolute atomic E-state index is 13.4. The summed E-state index contributed by atoms with van der Waals surface area (Å²) in [5.74, 6) is 0. The Hall–Kier alpha value is -1.91. The first-order valence-electron chi connectivity index (χ1n) is 10.8. The molecule has 13 heteroatoms. The number of benzene rings is 1. The van der Waals surface area contributed by atoms with E-state index in [1.165, 1.54) is 23.4 Å². The first-order chi connectivity index (χ1) is 16.2. The van der Waals surface area contributed by atoms with Crippen LogP contribution in [-0.2, 0) is 32.0 Å². The summed E-state index contributed by atoms with van der Waals surface area (Å²) in [6, 6.07) is 6.78. The van der Waals surface area contributed by atoms with Crippen molar-refractivity contribution >= 4 is 11.0 Å². The third-order valence-electron chi connectivity index (χ3n) is 6.52. The van der Waals surface area contributed by atoms with E-state index < -0.39 is 67.1 Å². The Kier molecular flexibility index (Phi) is 7.40. The van der Waals surface area contributed by atoms with E-state index in [0.29, 0.717) is 11.0 Å². The van der Waals surface area contributed by atoms with E-state index in [-0.39, 0.29) is 13.1 Å². The first-order valence-corrected chi connectivity index (χ1v) is 10.8. The molecular weight excluding hydrogens is 456 g/mol. The van der Waals surface area contributed by atoms with E-state index in [0.717, 1.165) is 0 Å². The number of aliphatic hydroxyl groups excluding tert-OH is 6. The maximum Gasteiger partial charge on any atom is 0.329 e. The van der Waals surface area contributed by atoms with Gasteiger partial charge in [0.2, 0.25) is 0 Å². The number of fused-ring (bicyclic) bond motifs is 1. The van der Waals surface area contributed by atoms with Gasteiger partial charge in [0.05, 0.1) is 24.1 Å². The largest absolute Gasteiger partial charge is 0.388 e. The number of aromatic nitrogens is 2. The van der Waals surface area contributed by atoms with Gasteiger partial charge in [0.15, 0.2) is 12.6 Å². The second-order valence-corrected chi connectivity index (χ2v) is 8.49. The molecule has 3 heterocycles. The lowest BCUT2D eigenvalue weighted by molar-refractivity contribution is -0.288. The highest BCUT2D eigenvalue weighted by molar-refractivity contribution is 5.76. The number of ether oxygens (including phenoxy) is 4. The Balaban J connectivity index is 1.66. The number of hydrogen-bond acceptors (Lipinski definition) is 11. The van der Waals surface area contributed by atoms with Crippen LogP contribution in [-0.4, -0.2) is 115 Å². The molecular formula is C21H30N2O11. The molecule has 2 fully saturated rings. The van der Waals surface area contributed by atoms with Gasteiger partial charge in [-0.15, -0.1) is 0 Å². The molecule has 2 aliphatic heterocycles. The van der Waals surface area contributed by atoms with Crippen LogP contribution in [0.3, 0.4) is 0 Å². The topological polar surface area (TPSA) is 185 Å². The van der Waals surface area contributed by atoms with Crippen molar-refractivity contribution in [1.29, 1.82) is 0 Å². The van der Waals surface area contributed by atoms with Gasteiger partial charge in [-0.2, -0.15) is 0 Å². The first kappa shape index (κ1) is 25.2. The van der Waals surface area contributed by atoms with Crippen LogP contribution >= 0.6 is 0 Å². The van der Waals surface area contributed by atoms with Crippen LogP contribution in [0, 0.1) is 0 Å². The third-order valence-corrected chi connectivity index (χ3v) is 6.52. The Morgan fingerprint density at radius 2 is 1.12 bits per heavy atom. The molecule has 13 nitrogen and oxygen atoms in total. The average Bonchev–Trinajstić information content (AvgIpc) is 3.07. The van der Waals surface area contributed by atoms with Gasteiger partial charge in [0, 0.05) is 14.2 Å². The van der Waals surface area contributed by atoms with E-state index in [1.807, 2.05) is 0 Å². The summed E-state index contributed by atoms with van der Waals surface area (Å²) < 4.78 is 23.5. The third kappa shape index (κ3) is 4.28. The fraction of sp³-hybridized carbons (Fsp3) is 0.667. The highest BCUT2D eigenvalue weighted by atomic mass is 16.6. The minimum absolute atomic E-state index is 0.173. The van der Waals surface area contributed by atoms with Crippen molar-refractivity contribution in [1.82, 2.24) is 9.13 Å². The van der Waals surface area contributed by atoms with Crippen molar-refractivity contribution in [3.8, 4) is 0 Å². The van der Waals surface area contributed by atoms with Crippen LogP contribution in [0.4, 0.5) is 0 Å². The van der Waals surface area contributed by atoms with Gasteiger partial charge in [-0.1, -0.05) is 12.1 Å². The van der Waals surface area contributed by atoms with Crippen molar-refractivity contribution < 1.29 is 49.6 Å². The van der Waals surface area contributed by atoms with Crippen LogP contribution < -0.4 is 5.69 Å². The van der Waals surface area contributed by atoms with Crippen molar-refractivity contribution in [2.24, 2.45) is 0 Å². The molecule has 0 amide bonds. The predicted molar refractivity (Wildman–Crippen MR) is 114 cm³/mol. The van der Waals surface area contributed by atoms with Gasteiger partial charge in [-0.25, -0.2) is 4.79 Å². The molecule has 4 rings (SSSR count). The standard InChI is InChI=1S/C21H30N2O11/c1-31-17-13(24)11(33-19(28)15(17)26)7-22-9-5-3-4-6-10(9)23(21(22)30)8-12-14(25)18(32-2)16(27)20(29)34-12/h3-6,11-20,24-29H,7-8H2,1-2H3/t11-,12-,13-,14-,15-,16-,17+,18+,19?,20?/m1/s1. The van der Waals surface area contributed by atoms with Crippen molar-refractivity contribution in [3.63, 3.8) is 0 Å². The Morgan fingerprint density at radius 1 is 0.735 bits per heavy atom. The Bertz CT molecular complexity index is 963. The SMILES string of the molecule is CO[C@H]1[C@H](O)[C@@H](Cn2c(=O)n(C[C@H]3OC(O)[C@H](O)[C@@H](OC)[C@@H]3O)c3ccccc32)OC(O)[C@@H]1O. The van der Waals surface area contributed by atoms with E-state index in [1.54, 1.807) is 24.3 Å². The molecule has 2 saturated heterocycles. The quantitative estimate of drug-likeness (QED) is 0.240. The second-order valence-electron chi connectivity index (χ2n) is 8.49. The normalized spacial score (nSPS) is 38.9. The summed E-state index contributed by atoms with van der Waals surface area (Å²) in [7, 11) is 2.55. The molecule has 0 radical (unpaired) electrons. The van der Waals surface area contributed by atoms with Gasteiger partial charge >= 0.3 is 5.69 Å². The van der Waals surface area contributed by atoms with Crippen LogP contribution in [0.2, 0.25) is 0 Å². The molecule has 0 aliphatic carbocycles. The highest BCUT2D eigenvalue weighted by Crippen LogP contribution is 2.26. The molecule has 190 valence electrons. The summed E-state index contributed by atoms with van der Waals surface area (Å²) in [5, 5.41) is 61.2. The van der Waals surface area contributed by atoms with Gasteiger partial charge in [0.25, 0.3) is 0 Å². The van der Waals surface area contributed by atoms with E-state index in [4.69, 9.17) is 18.9 Å². The molecule has 0 saturated carbocycles. The summed E-state index contributed by atoms with van der Waals surface area (Å²) in [5.41, 5.74) is 0.427. The zero-order valence-corrected chi connectivity index (χ0v) is 18.6. The fourth-order valence-corrected chi connectivity index (χ4v) is 4.68. The average molecular weight is 486 g/mol.